The van der Waals surface area contributed by atoms with Crippen LogP contribution in [0.3, 0.4) is 0 Å². The van der Waals surface area contributed by atoms with Gasteiger partial charge in [0.25, 0.3) is 0 Å². The molecular weight excluding hydrogens is 300 g/mol. The van der Waals surface area contributed by atoms with Crippen molar-refractivity contribution in [3.05, 3.63) is 12.7 Å². The quantitative estimate of drug-likeness (QED) is 0.415. The Bertz CT molecular complexity index is 138. The molecule has 12 heavy (non-hydrogen) atoms. The van der Waals surface area contributed by atoms with Crippen molar-refractivity contribution in [3.8, 4) is 0 Å². The van der Waals surface area contributed by atoms with Crippen LogP contribution in [0, 0.1) is 0 Å². The van der Waals surface area contributed by atoms with Crippen molar-refractivity contribution in [1.82, 2.24) is 0 Å². The third kappa shape index (κ3) is 31.4. The van der Waals surface area contributed by atoms with Crippen molar-refractivity contribution in [3.63, 3.8) is 0 Å². The summed E-state index contributed by atoms with van der Waals surface area (Å²) in [4.78, 5) is 18.5. The molecule has 0 rings (SSSR count). The van der Waals surface area contributed by atoms with E-state index in [0.29, 0.717) is 0 Å². The first-order valence-electron chi connectivity index (χ1n) is 2.23. The average molecular weight is 306 g/mol. The first-order valence-corrected chi connectivity index (χ1v) is 4.42. The largest absolute Gasteiger partial charge is 2.00 e. The first kappa shape index (κ1) is 18.3. The molecule has 0 aliphatic carbocycles. The van der Waals surface area contributed by atoms with Crippen LogP contribution < -0.4 is 9.79 Å². The van der Waals surface area contributed by atoms with E-state index >= 15 is 0 Å². The fraction of sp³-hybridized carbons (Fsp3) is 0.333. The maximum Gasteiger partial charge on any atom is 2.00 e. The Hall–Kier alpha value is 0.442. The molecule has 0 bridgehead atoms. The van der Waals surface area contributed by atoms with Crippen LogP contribution in [0.2, 0.25) is 0 Å². The summed E-state index contributed by atoms with van der Waals surface area (Å²) in [6, 6.07) is 0. The minimum atomic E-state index is -3.24. The maximum atomic E-state index is 9.24. The maximum absolute atomic E-state index is 9.24. The molecule has 0 aromatic carbocycles. The summed E-state index contributed by atoms with van der Waals surface area (Å²) in [7, 11) is -6.47. The Balaban J connectivity index is -0.000000142. The normalized spacial score (nSPS) is 9.92. The summed E-state index contributed by atoms with van der Waals surface area (Å²) in [5, 5.41) is 7.76. The van der Waals surface area contributed by atoms with Crippen LogP contribution in [-0.4, -0.2) is 11.7 Å². The fourth-order valence-corrected chi connectivity index (χ4v) is 0.490. The average Bonchev–Trinajstić information content (AvgIpc) is 1.85. The van der Waals surface area contributed by atoms with Crippen LogP contribution in [0.25, 0.3) is 0 Å². The molecule has 0 spiro atoms. The molecule has 0 saturated carbocycles. The van der Waals surface area contributed by atoms with Gasteiger partial charge in [-0.3, -0.25) is 0 Å². The van der Waals surface area contributed by atoms with Gasteiger partial charge in [0.05, 0.1) is 6.61 Å². The monoisotopic (exact) mass is 306 g/mol. The van der Waals surface area contributed by atoms with Gasteiger partial charge in [-0.15, -0.1) is 6.58 Å². The molecule has 0 aliphatic rings. The van der Waals surface area contributed by atoms with Crippen LogP contribution in [0.4, 0.5) is 0 Å². The van der Waals surface area contributed by atoms with Crippen LogP contribution in [0.1, 0.15) is 0 Å². The van der Waals surface area contributed by atoms with Crippen molar-refractivity contribution >= 4 is 16.5 Å². The van der Waals surface area contributed by atoms with E-state index in [1.165, 1.54) is 6.08 Å². The summed E-state index contributed by atoms with van der Waals surface area (Å²) in [5.74, 6) is 0. The Kier molecular flexibility index (Phi) is 21.3. The van der Waals surface area contributed by atoms with Crippen LogP contribution in [0.15, 0.2) is 12.7 Å². The number of hydrogen-bond acceptors (Lipinski definition) is 6. The Labute approximate surface area is 84.8 Å². The van der Waals surface area contributed by atoms with Gasteiger partial charge in [-0.1, -0.05) is 6.08 Å². The van der Waals surface area contributed by atoms with Crippen LogP contribution in [-0.2, 0) is 33.9 Å². The first-order chi connectivity index (χ1) is 5.04. The van der Waals surface area contributed by atoms with Gasteiger partial charge in [-0.25, -0.2) is 0 Å². The van der Waals surface area contributed by atoms with E-state index in [9.17, 15) is 18.9 Å². The molecule has 0 fully saturated rings. The van der Waals surface area contributed by atoms with E-state index in [1.807, 2.05) is 0 Å². The van der Waals surface area contributed by atoms with E-state index in [2.05, 4.69) is 10.9 Å². The number of aliphatic hydroxyl groups is 1. The van der Waals surface area contributed by atoms with Gasteiger partial charge in [0, 0.05) is 0 Å². The molecule has 0 aromatic rings. The Morgan fingerprint density at radius 1 is 1.42 bits per heavy atom. The predicted molar refractivity (Wildman–Crippen MR) is 33.6 cm³/mol. The Morgan fingerprint density at radius 2 is 1.67 bits per heavy atom. The van der Waals surface area contributed by atoms with E-state index < -0.39 is 16.5 Å². The third-order valence-electron chi connectivity index (χ3n) is 0.262. The zero-order valence-electron chi connectivity index (χ0n) is 5.69. The molecule has 6 nitrogen and oxygen atoms in total. The van der Waals surface area contributed by atoms with Crippen molar-refractivity contribution in [2.24, 2.45) is 0 Å². The molecule has 0 aliphatic heterocycles. The van der Waals surface area contributed by atoms with Gasteiger partial charge >= 0.3 is 36.9 Å². The number of aliphatic hydroxyl groups excluding tert-OH is 1. The fourth-order valence-electron chi connectivity index (χ4n) is 0.0544. The van der Waals surface area contributed by atoms with Crippen LogP contribution >= 0.6 is 16.5 Å². The minimum Gasteiger partial charge on any atom is -0.563 e. The topological polar surface area (TPSA) is 110 Å². The second kappa shape index (κ2) is 14.0. The summed E-state index contributed by atoms with van der Waals surface area (Å²) >= 11 is 0. The van der Waals surface area contributed by atoms with Gasteiger partial charge in [0.2, 0.25) is 0 Å². The second-order valence-electron chi connectivity index (χ2n) is 1.00. The van der Waals surface area contributed by atoms with Crippen molar-refractivity contribution in [2.75, 3.05) is 6.61 Å². The molecule has 1 N–H and O–H groups in total. The van der Waals surface area contributed by atoms with Gasteiger partial charge in [0.1, 0.15) is 4.31 Å². The zero-order valence-corrected chi connectivity index (χ0v) is 9.03. The SMILES string of the molecule is C=CCO.O=[P+]([O-])O[P+](=O)[O-].[Pd+2]. The molecule has 9 heteroatoms. The molecule has 0 heterocycles. The van der Waals surface area contributed by atoms with Gasteiger partial charge < -0.3 is 14.9 Å². The Morgan fingerprint density at radius 3 is 1.67 bits per heavy atom. The molecule has 0 radical (unpaired) electrons. The number of rotatable bonds is 3. The van der Waals surface area contributed by atoms with E-state index in [1.54, 1.807) is 0 Å². The summed E-state index contributed by atoms with van der Waals surface area (Å²) < 4.78 is 21.6. The molecule has 0 aromatic heterocycles. The molecular formula is C3H6O6P2Pd+2. The summed E-state index contributed by atoms with van der Waals surface area (Å²) in [5.41, 5.74) is 0. The van der Waals surface area contributed by atoms with E-state index in [-0.39, 0.29) is 27.0 Å². The van der Waals surface area contributed by atoms with E-state index in [0.717, 1.165) is 0 Å². The molecule has 0 saturated heterocycles. The minimum absolute atomic E-state index is 0. The third-order valence-corrected chi connectivity index (χ3v) is 1.33. The standard InChI is InChI=1S/C3H6O.O5P2.Pd/c1-2-3-4;1-6(2)5-7(3)4;/h2,4H,1,3H2;;/q;;+2. The van der Waals surface area contributed by atoms with Crippen molar-refractivity contribution in [2.45, 2.75) is 0 Å². The predicted octanol–water partition coefficient (Wildman–Crippen LogP) is -0.799. The van der Waals surface area contributed by atoms with E-state index in [4.69, 9.17) is 5.11 Å². The van der Waals surface area contributed by atoms with Crippen molar-refractivity contribution < 1.29 is 48.8 Å². The van der Waals surface area contributed by atoms with Gasteiger partial charge in [-0.2, -0.15) is 0 Å². The molecule has 2 atom stereocenters. The zero-order chi connectivity index (χ0) is 9.28. The smallest absolute Gasteiger partial charge is 0.563 e. The number of hydrogen-bond donors (Lipinski definition) is 1. The van der Waals surface area contributed by atoms with Gasteiger partial charge in [-0.05, 0) is 9.13 Å². The van der Waals surface area contributed by atoms with Crippen molar-refractivity contribution in [1.29, 1.82) is 0 Å². The molecule has 2 unspecified atom stereocenters. The second-order valence-corrected chi connectivity index (χ2v) is 2.55. The van der Waals surface area contributed by atoms with Gasteiger partial charge in [0.15, 0.2) is 0 Å². The van der Waals surface area contributed by atoms with Crippen LogP contribution in [0.5, 0.6) is 0 Å². The summed E-state index contributed by atoms with van der Waals surface area (Å²) in [6.07, 6.45) is 1.43. The summed E-state index contributed by atoms with van der Waals surface area (Å²) in [6.45, 7) is 3.31. The molecule has 72 valence electrons. The molecule has 0 amide bonds.